The zero-order chi connectivity index (χ0) is 28.4. The summed E-state index contributed by atoms with van der Waals surface area (Å²) in [6.07, 6.45) is 6.09. The highest BCUT2D eigenvalue weighted by molar-refractivity contribution is 9.09. The molecule has 0 spiro atoms. The number of ether oxygens (including phenoxy) is 4. The highest BCUT2D eigenvalue weighted by Gasteiger charge is 2.55. The second-order valence-electron chi connectivity index (χ2n) is 14.7. The summed E-state index contributed by atoms with van der Waals surface area (Å²) in [5.74, 6) is 0. The minimum Gasteiger partial charge on any atom is -0.390 e. The molecule has 0 amide bonds. The van der Waals surface area contributed by atoms with Crippen LogP contribution >= 0.6 is 15.9 Å². The van der Waals surface area contributed by atoms with Crippen molar-refractivity contribution >= 4 is 15.9 Å². The van der Waals surface area contributed by atoms with Crippen LogP contribution in [-0.2, 0) is 18.9 Å². The molecule has 0 aromatic carbocycles. The fourth-order valence-electron chi connectivity index (χ4n) is 7.27. The molecule has 4 heterocycles. The van der Waals surface area contributed by atoms with Crippen LogP contribution in [0.15, 0.2) is 0 Å². The summed E-state index contributed by atoms with van der Waals surface area (Å²) >= 11 is 3.79. The van der Waals surface area contributed by atoms with Gasteiger partial charge in [0, 0.05) is 4.83 Å². The van der Waals surface area contributed by atoms with Gasteiger partial charge in [0.2, 0.25) is 0 Å². The monoisotopic (exact) mass is 604 g/mol. The van der Waals surface area contributed by atoms with Crippen LogP contribution in [0.25, 0.3) is 0 Å². The molecule has 0 aromatic rings. The Morgan fingerprint density at radius 3 is 2.05 bits per heavy atom. The van der Waals surface area contributed by atoms with Gasteiger partial charge in [-0.1, -0.05) is 15.9 Å². The number of fused-ring (bicyclic) bond motifs is 1. The standard InChI is InChI=1S/C30H53BrO7/c1-25(2,33)21-13-17-28(6,36-21)20(32)12-15-27(5,34)22-9-10-23-29(7,37-22)18-14-24(35-23)30(8)16-11-19(31)26(3,4)38-30/h19-24,32-34H,9-18H2,1-8H3/t19-,20+,21-,22?,23-,24-,27+,28-,29+,30+/m1/s1. The van der Waals surface area contributed by atoms with Crippen LogP contribution in [0.3, 0.4) is 0 Å². The summed E-state index contributed by atoms with van der Waals surface area (Å²) in [7, 11) is 0. The van der Waals surface area contributed by atoms with E-state index < -0.39 is 28.5 Å². The third kappa shape index (κ3) is 6.18. The van der Waals surface area contributed by atoms with Gasteiger partial charge in [0.05, 0.1) is 64.1 Å². The van der Waals surface area contributed by atoms with Crippen molar-refractivity contribution in [2.24, 2.45) is 0 Å². The van der Waals surface area contributed by atoms with E-state index in [0.29, 0.717) is 36.9 Å². The number of rotatable bonds is 7. The summed E-state index contributed by atoms with van der Waals surface area (Å²) < 4.78 is 26.1. The molecule has 0 aromatic heterocycles. The fraction of sp³-hybridized carbons (Fsp3) is 1.00. The summed E-state index contributed by atoms with van der Waals surface area (Å²) in [5, 5.41) is 32.9. The first-order valence-corrected chi connectivity index (χ1v) is 15.7. The van der Waals surface area contributed by atoms with Gasteiger partial charge >= 0.3 is 0 Å². The number of hydrogen-bond acceptors (Lipinski definition) is 7. The molecule has 0 saturated carbocycles. The molecule has 222 valence electrons. The minimum absolute atomic E-state index is 0.0236. The molecule has 4 rings (SSSR count). The number of halogens is 1. The molecule has 7 nitrogen and oxygen atoms in total. The molecule has 10 atom stereocenters. The second kappa shape index (κ2) is 10.5. The molecule has 1 unspecified atom stereocenters. The number of hydrogen-bond donors (Lipinski definition) is 3. The highest BCUT2D eigenvalue weighted by atomic mass is 79.9. The lowest BCUT2D eigenvalue weighted by Crippen LogP contribution is -2.63. The smallest absolute Gasteiger partial charge is 0.0923 e. The Morgan fingerprint density at radius 2 is 1.45 bits per heavy atom. The van der Waals surface area contributed by atoms with Crippen LogP contribution in [0.4, 0.5) is 0 Å². The van der Waals surface area contributed by atoms with Gasteiger partial charge in [0.25, 0.3) is 0 Å². The third-order valence-corrected chi connectivity index (χ3v) is 11.8. The maximum atomic E-state index is 11.5. The van der Waals surface area contributed by atoms with Crippen LogP contribution in [-0.4, -0.2) is 84.3 Å². The van der Waals surface area contributed by atoms with E-state index in [1.165, 1.54) is 0 Å². The number of aliphatic hydroxyl groups excluding tert-OH is 1. The predicted octanol–water partition coefficient (Wildman–Crippen LogP) is 5.18. The van der Waals surface area contributed by atoms with E-state index in [-0.39, 0.29) is 35.6 Å². The van der Waals surface area contributed by atoms with Crippen LogP contribution in [0, 0.1) is 0 Å². The highest BCUT2D eigenvalue weighted by Crippen LogP contribution is 2.49. The lowest BCUT2D eigenvalue weighted by molar-refractivity contribution is -0.301. The molecule has 4 aliphatic heterocycles. The van der Waals surface area contributed by atoms with E-state index in [1.54, 1.807) is 13.8 Å². The van der Waals surface area contributed by atoms with E-state index in [9.17, 15) is 15.3 Å². The van der Waals surface area contributed by atoms with Crippen LogP contribution in [0.2, 0.25) is 0 Å². The van der Waals surface area contributed by atoms with Crippen molar-refractivity contribution in [3.05, 3.63) is 0 Å². The first-order valence-electron chi connectivity index (χ1n) is 14.8. The molecule has 0 aliphatic carbocycles. The first kappa shape index (κ1) is 31.1. The largest absolute Gasteiger partial charge is 0.390 e. The first-order chi connectivity index (χ1) is 17.3. The van der Waals surface area contributed by atoms with Gasteiger partial charge in [-0.3, -0.25) is 0 Å². The lowest BCUT2D eigenvalue weighted by atomic mass is 9.75. The summed E-state index contributed by atoms with van der Waals surface area (Å²) in [6.45, 7) is 15.8. The Bertz CT molecular complexity index is 843. The number of aliphatic hydroxyl groups is 3. The van der Waals surface area contributed by atoms with Gasteiger partial charge in [-0.2, -0.15) is 0 Å². The molecular formula is C30H53BrO7. The SMILES string of the molecule is CC(C)(O)[C@H]1CC[C@](C)([C@@H](O)CC[C@](C)(O)C2CC[C@H]3O[C@@H]([C@]4(C)CC[C@@H](Br)C(C)(C)O4)CC[C@]3(C)O2)O1. The minimum atomic E-state index is -1.08. The second-order valence-corrected chi connectivity index (χ2v) is 15.8. The molecule has 0 radical (unpaired) electrons. The molecular weight excluding hydrogens is 552 g/mol. The maximum Gasteiger partial charge on any atom is 0.0923 e. The van der Waals surface area contributed by atoms with Gasteiger partial charge in [-0.25, -0.2) is 0 Å². The van der Waals surface area contributed by atoms with Crippen molar-refractivity contribution in [1.29, 1.82) is 0 Å². The molecule has 4 saturated heterocycles. The predicted molar refractivity (Wildman–Crippen MR) is 151 cm³/mol. The van der Waals surface area contributed by atoms with E-state index >= 15 is 0 Å². The summed E-state index contributed by atoms with van der Waals surface area (Å²) in [5.41, 5.74) is -3.78. The van der Waals surface area contributed by atoms with Gasteiger partial charge in [0.15, 0.2) is 0 Å². The summed E-state index contributed by atoms with van der Waals surface area (Å²) in [4.78, 5) is 0.335. The van der Waals surface area contributed by atoms with Crippen molar-refractivity contribution in [3.63, 3.8) is 0 Å². The van der Waals surface area contributed by atoms with Crippen LogP contribution in [0.5, 0.6) is 0 Å². The zero-order valence-corrected chi connectivity index (χ0v) is 26.5. The fourth-order valence-corrected chi connectivity index (χ4v) is 7.60. The van der Waals surface area contributed by atoms with E-state index in [2.05, 4.69) is 43.6 Å². The van der Waals surface area contributed by atoms with Gasteiger partial charge in [-0.15, -0.1) is 0 Å². The molecule has 4 fully saturated rings. The van der Waals surface area contributed by atoms with Crippen LogP contribution in [0.1, 0.15) is 120 Å². The molecule has 4 aliphatic rings. The van der Waals surface area contributed by atoms with Crippen molar-refractivity contribution in [2.45, 2.75) is 189 Å². The maximum absolute atomic E-state index is 11.5. The molecule has 38 heavy (non-hydrogen) atoms. The van der Waals surface area contributed by atoms with E-state index in [1.807, 2.05) is 13.8 Å². The number of alkyl halides is 1. The van der Waals surface area contributed by atoms with Crippen LogP contribution < -0.4 is 0 Å². The normalized spacial score (nSPS) is 46.3. The Labute approximate surface area is 238 Å². The van der Waals surface area contributed by atoms with Crippen molar-refractivity contribution in [1.82, 2.24) is 0 Å². The average Bonchev–Trinajstić information content (AvgIpc) is 3.23. The average molecular weight is 606 g/mol. The van der Waals surface area contributed by atoms with Crippen molar-refractivity contribution in [2.75, 3.05) is 0 Å². The van der Waals surface area contributed by atoms with Crippen molar-refractivity contribution in [3.8, 4) is 0 Å². The van der Waals surface area contributed by atoms with Gasteiger partial charge < -0.3 is 34.3 Å². The summed E-state index contributed by atoms with van der Waals surface area (Å²) in [6, 6.07) is 0. The zero-order valence-electron chi connectivity index (χ0n) is 24.9. The Morgan fingerprint density at radius 1 is 0.816 bits per heavy atom. The van der Waals surface area contributed by atoms with E-state index in [0.717, 1.165) is 32.1 Å². The Balaban J connectivity index is 1.33. The van der Waals surface area contributed by atoms with Gasteiger partial charge in [0.1, 0.15) is 0 Å². The molecule has 0 bridgehead atoms. The van der Waals surface area contributed by atoms with Gasteiger partial charge in [-0.05, 0) is 120 Å². The Kier molecular flexibility index (Phi) is 8.59. The lowest BCUT2D eigenvalue weighted by Gasteiger charge is -2.56. The molecule has 3 N–H and O–H groups in total. The molecule has 8 heteroatoms. The Hall–Kier alpha value is 0.200. The van der Waals surface area contributed by atoms with Crippen molar-refractivity contribution < 1.29 is 34.3 Å². The quantitative estimate of drug-likeness (QED) is 0.344. The topological polar surface area (TPSA) is 97.6 Å². The third-order valence-electron chi connectivity index (χ3n) is 10.3. The van der Waals surface area contributed by atoms with E-state index in [4.69, 9.17) is 18.9 Å².